The molecule has 3 aromatic carbocycles. The average molecular weight is 539 g/mol. The van der Waals surface area contributed by atoms with Gasteiger partial charge in [-0.25, -0.2) is 19.2 Å². The number of benzene rings is 3. The van der Waals surface area contributed by atoms with Crippen LogP contribution in [-0.4, -0.2) is 57.4 Å². The Morgan fingerprint density at radius 3 is 1.31 bits per heavy atom. The number of methoxy groups -OCH3 is 4. The van der Waals surface area contributed by atoms with Gasteiger partial charge in [0.25, 0.3) is 0 Å². The SMILES string of the molecule is COC(=O)c1ccc(OCc2cc(O)cc(COc3ccc(C(=O)OC)cc3C(=O)OC)c2)c(C(=O)OC)c1. The van der Waals surface area contributed by atoms with Gasteiger partial charge in [0.05, 0.1) is 39.6 Å². The smallest absolute Gasteiger partial charge is 0.341 e. The second-order valence-corrected chi connectivity index (χ2v) is 7.97. The highest BCUT2D eigenvalue weighted by Gasteiger charge is 2.19. The average Bonchev–Trinajstić information content (AvgIpc) is 2.96. The monoisotopic (exact) mass is 538 g/mol. The maximum atomic E-state index is 12.2. The molecule has 11 nitrogen and oxygen atoms in total. The van der Waals surface area contributed by atoms with Gasteiger partial charge >= 0.3 is 23.9 Å². The highest BCUT2D eigenvalue weighted by Crippen LogP contribution is 2.26. The van der Waals surface area contributed by atoms with Gasteiger partial charge in [-0.3, -0.25) is 0 Å². The molecule has 0 aliphatic rings. The van der Waals surface area contributed by atoms with E-state index >= 15 is 0 Å². The Labute approximate surface area is 223 Å². The first-order valence-corrected chi connectivity index (χ1v) is 11.4. The molecule has 0 fully saturated rings. The second kappa shape index (κ2) is 13.0. The van der Waals surface area contributed by atoms with E-state index in [0.29, 0.717) is 11.1 Å². The summed E-state index contributed by atoms with van der Waals surface area (Å²) in [6, 6.07) is 13.0. The van der Waals surface area contributed by atoms with Gasteiger partial charge in [-0.15, -0.1) is 0 Å². The van der Waals surface area contributed by atoms with Gasteiger partial charge in [-0.1, -0.05) is 0 Å². The first-order valence-electron chi connectivity index (χ1n) is 11.4. The van der Waals surface area contributed by atoms with Gasteiger partial charge in [-0.2, -0.15) is 0 Å². The van der Waals surface area contributed by atoms with Crippen molar-refractivity contribution in [3.05, 3.63) is 88.0 Å². The van der Waals surface area contributed by atoms with Crippen molar-refractivity contribution in [1.82, 2.24) is 0 Å². The van der Waals surface area contributed by atoms with Gasteiger partial charge < -0.3 is 33.5 Å². The molecule has 0 saturated heterocycles. The number of hydrogen-bond acceptors (Lipinski definition) is 11. The Morgan fingerprint density at radius 2 is 0.949 bits per heavy atom. The number of carbonyl (C=O) groups is 4. The molecule has 0 heterocycles. The first kappa shape index (κ1) is 28.5. The molecule has 0 atom stereocenters. The molecular weight excluding hydrogens is 512 g/mol. The molecule has 0 aliphatic carbocycles. The van der Waals surface area contributed by atoms with E-state index in [2.05, 4.69) is 9.47 Å². The van der Waals surface area contributed by atoms with Crippen molar-refractivity contribution in [2.75, 3.05) is 28.4 Å². The summed E-state index contributed by atoms with van der Waals surface area (Å²) in [7, 11) is 4.85. The van der Waals surface area contributed by atoms with Crippen LogP contribution in [0.4, 0.5) is 0 Å². The van der Waals surface area contributed by atoms with E-state index in [1.54, 1.807) is 6.07 Å². The van der Waals surface area contributed by atoms with E-state index in [4.69, 9.17) is 18.9 Å². The number of hydrogen-bond donors (Lipinski definition) is 1. The molecule has 0 unspecified atom stereocenters. The lowest BCUT2D eigenvalue weighted by Crippen LogP contribution is -2.10. The van der Waals surface area contributed by atoms with E-state index in [0.717, 1.165) is 0 Å². The number of rotatable bonds is 10. The normalized spacial score (nSPS) is 10.3. The highest BCUT2D eigenvalue weighted by molar-refractivity contribution is 5.98. The minimum absolute atomic E-state index is 0.0230. The van der Waals surface area contributed by atoms with Crippen molar-refractivity contribution < 1.29 is 52.7 Å². The Hall–Kier alpha value is -5.06. The lowest BCUT2D eigenvalue weighted by molar-refractivity contribution is 0.0577. The van der Waals surface area contributed by atoms with Crippen LogP contribution in [0.1, 0.15) is 52.6 Å². The van der Waals surface area contributed by atoms with Crippen LogP contribution in [0.15, 0.2) is 54.6 Å². The molecule has 0 bridgehead atoms. The van der Waals surface area contributed by atoms with Gasteiger partial charge in [0.1, 0.15) is 41.6 Å². The number of phenolic OH excluding ortho intramolecular Hbond substituents is 1. The van der Waals surface area contributed by atoms with Crippen molar-refractivity contribution in [3.8, 4) is 17.2 Å². The third-order valence-corrected chi connectivity index (χ3v) is 5.44. The Morgan fingerprint density at radius 1 is 0.564 bits per heavy atom. The lowest BCUT2D eigenvalue weighted by Gasteiger charge is -2.14. The fraction of sp³-hybridized carbons (Fsp3) is 0.214. The minimum Gasteiger partial charge on any atom is -0.508 e. The van der Waals surface area contributed by atoms with Crippen molar-refractivity contribution in [1.29, 1.82) is 0 Å². The summed E-state index contributed by atoms with van der Waals surface area (Å²) in [5.74, 6) is -2.42. The molecule has 204 valence electrons. The van der Waals surface area contributed by atoms with Crippen LogP contribution in [0.3, 0.4) is 0 Å². The predicted molar refractivity (Wildman–Crippen MR) is 135 cm³/mol. The molecule has 0 aliphatic heterocycles. The minimum atomic E-state index is -0.708. The van der Waals surface area contributed by atoms with Gasteiger partial charge in [0.15, 0.2) is 0 Å². The highest BCUT2D eigenvalue weighted by atomic mass is 16.5. The zero-order valence-electron chi connectivity index (χ0n) is 21.6. The summed E-state index contributed by atoms with van der Waals surface area (Å²) in [5.41, 5.74) is 1.41. The zero-order chi connectivity index (χ0) is 28.5. The van der Waals surface area contributed by atoms with Crippen LogP contribution < -0.4 is 9.47 Å². The largest absolute Gasteiger partial charge is 0.508 e. The third kappa shape index (κ3) is 7.04. The van der Waals surface area contributed by atoms with Crippen LogP contribution in [0.5, 0.6) is 17.2 Å². The summed E-state index contributed by atoms with van der Waals surface area (Å²) >= 11 is 0. The maximum absolute atomic E-state index is 12.2. The van der Waals surface area contributed by atoms with Crippen LogP contribution in [0.25, 0.3) is 0 Å². The summed E-state index contributed by atoms with van der Waals surface area (Å²) in [6.45, 7) is -0.103. The summed E-state index contributed by atoms with van der Waals surface area (Å²) in [4.78, 5) is 48.2. The van der Waals surface area contributed by atoms with Gasteiger partial charge in [-0.05, 0) is 65.7 Å². The number of carbonyl (C=O) groups excluding carboxylic acids is 4. The summed E-state index contributed by atoms with van der Waals surface area (Å²) in [5, 5.41) is 10.2. The number of aromatic hydroxyl groups is 1. The maximum Gasteiger partial charge on any atom is 0.341 e. The van der Waals surface area contributed by atoms with E-state index in [1.807, 2.05) is 0 Å². The van der Waals surface area contributed by atoms with E-state index < -0.39 is 23.9 Å². The quantitative estimate of drug-likeness (QED) is 0.298. The van der Waals surface area contributed by atoms with Crippen molar-refractivity contribution >= 4 is 23.9 Å². The topological polar surface area (TPSA) is 144 Å². The molecule has 3 aromatic rings. The van der Waals surface area contributed by atoms with Crippen LogP contribution in [-0.2, 0) is 32.2 Å². The molecule has 1 N–H and O–H groups in total. The standard InChI is InChI=1S/C28H26O11/c1-34-25(30)18-5-7-23(21(12-18)27(32)36-3)38-14-16-9-17(11-20(29)10-16)15-39-24-8-6-19(26(31)35-2)13-22(24)28(33)37-4/h5-13,29H,14-15H2,1-4H3. The van der Waals surface area contributed by atoms with E-state index in [1.165, 1.54) is 77.0 Å². The predicted octanol–water partition coefficient (Wildman–Crippen LogP) is 3.70. The molecule has 0 radical (unpaired) electrons. The Kier molecular flexibility index (Phi) is 9.47. The van der Waals surface area contributed by atoms with Gasteiger partial charge in [0.2, 0.25) is 0 Å². The lowest BCUT2D eigenvalue weighted by atomic mass is 10.1. The molecule has 11 heteroatoms. The molecule has 39 heavy (non-hydrogen) atoms. The molecule has 0 amide bonds. The Bertz CT molecular complexity index is 1290. The molecule has 0 saturated carbocycles. The van der Waals surface area contributed by atoms with Crippen molar-refractivity contribution in [2.45, 2.75) is 13.2 Å². The fourth-order valence-corrected chi connectivity index (χ4v) is 3.57. The summed E-state index contributed by atoms with van der Waals surface area (Å²) < 4.78 is 30.5. The van der Waals surface area contributed by atoms with Crippen LogP contribution >= 0.6 is 0 Å². The molecule has 3 rings (SSSR count). The number of phenols is 1. The Balaban J connectivity index is 1.79. The molecule has 0 aromatic heterocycles. The first-order chi connectivity index (χ1) is 18.7. The fourth-order valence-electron chi connectivity index (χ4n) is 3.57. The number of ether oxygens (including phenoxy) is 6. The molecular formula is C28H26O11. The van der Waals surface area contributed by atoms with Crippen molar-refractivity contribution in [3.63, 3.8) is 0 Å². The zero-order valence-corrected chi connectivity index (χ0v) is 21.6. The van der Waals surface area contributed by atoms with Crippen molar-refractivity contribution in [2.24, 2.45) is 0 Å². The van der Waals surface area contributed by atoms with Crippen LogP contribution in [0.2, 0.25) is 0 Å². The second-order valence-electron chi connectivity index (χ2n) is 7.97. The number of esters is 4. The summed E-state index contributed by atoms with van der Waals surface area (Å²) in [6.07, 6.45) is 0. The van der Waals surface area contributed by atoms with E-state index in [9.17, 15) is 24.3 Å². The van der Waals surface area contributed by atoms with E-state index in [-0.39, 0.29) is 52.7 Å². The molecule has 0 spiro atoms. The third-order valence-electron chi connectivity index (χ3n) is 5.44. The van der Waals surface area contributed by atoms with Gasteiger partial charge in [0, 0.05) is 0 Å². The van der Waals surface area contributed by atoms with Crippen LogP contribution in [0, 0.1) is 0 Å².